The van der Waals surface area contributed by atoms with E-state index < -0.39 is 11.8 Å². The zero-order valence-electron chi connectivity index (χ0n) is 8.91. The predicted molar refractivity (Wildman–Crippen MR) is 60.5 cm³/mol. The van der Waals surface area contributed by atoms with Gasteiger partial charge in [0.1, 0.15) is 11.3 Å². The molecule has 0 amide bonds. The number of hydrogen-bond acceptors (Lipinski definition) is 4. The molecule has 88 valence electrons. The van der Waals surface area contributed by atoms with Gasteiger partial charge in [-0.2, -0.15) is 0 Å². The van der Waals surface area contributed by atoms with E-state index in [0.717, 1.165) is 6.20 Å². The molecule has 6 heteroatoms. The van der Waals surface area contributed by atoms with Crippen molar-refractivity contribution < 1.29 is 13.9 Å². The van der Waals surface area contributed by atoms with E-state index in [1.54, 1.807) is 6.92 Å². The molecule has 0 saturated heterocycles. The number of rotatable bonds is 2. The number of nitrogens with zero attached hydrogens (tertiary/aromatic N) is 2. The molecule has 0 unspecified atom stereocenters. The maximum Gasteiger partial charge on any atom is 0.341 e. The van der Waals surface area contributed by atoms with Crippen LogP contribution in [0.25, 0.3) is 11.0 Å². The summed E-state index contributed by atoms with van der Waals surface area (Å²) in [5, 5.41) is 0.119. The Labute approximate surface area is 101 Å². The van der Waals surface area contributed by atoms with E-state index in [0.29, 0.717) is 5.52 Å². The van der Waals surface area contributed by atoms with E-state index in [4.69, 9.17) is 16.3 Å². The quantitative estimate of drug-likeness (QED) is 0.773. The summed E-state index contributed by atoms with van der Waals surface area (Å²) >= 11 is 6.00. The van der Waals surface area contributed by atoms with Gasteiger partial charge in [0.2, 0.25) is 0 Å². The number of ether oxygens (including phenoxy) is 1. The van der Waals surface area contributed by atoms with Gasteiger partial charge in [-0.05, 0) is 6.92 Å². The van der Waals surface area contributed by atoms with Crippen molar-refractivity contribution in [3.63, 3.8) is 0 Å². The van der Waals surface area contributed by atoms with Crippen molar-refractivity contribution in [1.29, 1.82) is 0 Å². The van der Waals surface area contributed by atoms with Gasteiger partial charge in [0.05, 0.1) is 28.9 Å². The van der Waals surface area contributed by atoms with E-state index >= 15 is 0 Å². The molecule has 0 spiro atoms. The third kappa shape index (κ3) is 2.19. The van der Waals surface area contributed by atoms with Crippen molar-refractivity contribution in [1.82, 2.24) is 9.97 Å². The van der Waals surface area contributed by atoms with Gasteiger partial charge in [-0.1, -0.05) is 11.6 Å². The SMILES string of the molecule is CCOC(=O)c1cnc2cc(F)cnc2c1Cl. The minimum Gasteiger partial charge on any atom is -0.462 e. The lowest BCUT2D eigenvalue weighted by atomic mass is 10.2. The Bertz CT molecular complexity index is 589. The molecule has 2 aromatic rings. The Morgan fingerprint density at radius 2 is 2.24 bits per heavy atom. The molecule has 0 bridgehead atoms. The molecule has 17 heavy (non-hydrogen) atoms. The molecule has 0 fully saturated rings. The number of pyridine rings is 2. The second-order valence-electron chi connectivity index (χ2n) is 3.23. The number of aromatic nitrogens is 2. The van der Waals surface area contributed by atoms with Gasteiger partial charge in [0.25, 0.3) is 0 Å². The summed E-state index contributed by atoms with van der Waals surface area (Å²) in [6.45, 7) is 1.93. The summed E-state index contributed by atoms with van der Waals surface area (Å²) < 4.78 is 17.7. The Balaban J connectivity index is 2.58. The Morgan fingerprint density at radius 3 is 2.94 bits per heavy atom. The van der Waals surface area contributed by atoms with Crippen LogP contribution < -0.4 is 0 Å². The lowest BCUT2D eigenvalue weighted by Crippen LogP contribution is -2.06. The van der Waals surface area contributed by atoms with Crippen LogP contribution in [0.1, 0.15) is 17.3 Å². The first-order chi connectivity index (χ1) is 8.13. The minimum absolute atomic E-state index is 0.119. The summed E-state index contributed by atoms with van der Waals surface area (Å²) in [7, 11) is 0. The molecule has 0 radical (unpaired) electrons. The Kier molecular flexibility index (Phi) is 3.19. The molecule has 0 atom stereocenters. The predicted octanol–water partition coefficient (Wildman–Crippen LogP) is 2.60. The third-order valence-corrected chi connectivity index (χ3v) is 2.49. The van der Waals surface area contributed by atoms with Crippen molar-refractivity contribution in [2.75, 3.05) is 6.61 Å². The van der Waals surface area contributed by atoms with E-state index in [-0.39, 0.29) is 22.7 Å². The fourth-order valence-electron chi connectivity index (χ4n) is 1.37. The number of fused-ring (bicyclic) bond motifs is 1. The molecular formula is C11H8ClFN2O2. The van der Waals surface area contributed by atoms with Crippen molar-refractivity contribution >= 4 is 28.6 Å². The lowest BCUT2D eigenvalue weighted by Gasteiger charge is -2.05. The van der Waals surface area contributed by atoms with E-state index in [1.807, 2.05) is 0 Å². The first kappa shape index (κ1) is 11.7. The molecule has 0 aliphatic rings. The van der Waals surface area contributed by atoms with E-state index in [2.05, 4.69) is 9.97 Å². The highest BCUT2D eigenvalue weighted by molar-refractivity contribution is 6.37. The fourth-order valence-corrected chi connectivity index (χ4v) is 1.64. The van der Waals surface area contributed by atoms with Crippen LogP contribution >= 0.6 is 11.6 Å². The van der Waals surface area contributed by atoms with Crippen LogP contribution in [0.5, 0.6) is 0 Å². The molecule has 2 aromatic heterocycles. The summed E-state index contributed by atoms with van der Waals surface area (Å²) in [6, 6.07) is 1.20. The average molecular weight is 255 g/mol. The number of esters is 1. The molecule has 0 saturated carbocycles. The van der Waals surface area contributed by atoms with Crippen molar-refractivity contribution in [3.8, 4) is 0 Å². The van der Waals surface area contributed by atoms with Crippen molar-refractivity contribution in [3.05, 3.63) is 34.9 Å². The minimum atomic E-state index is -0.571. The highest BCUT2D eigenvalue weighted by Crippen LogP contribution is 2.24. The molecule has 0 aromatic carbocycles. The molecule has 0 aliphatic heterocycles. The summed E-state index contributed by atoms with van der Waals surface area (Å²) in [4.78, 5) is 19.3. The average Bonchev–Trinajstić information content (AvgIpc) is 2.29. The van der Waals surface area contributed by atoms with Gasteiger partial charge in [0.15, 0.2) is 0 Å². The summed E-state index contributed by atoms with van der Waals surface area (Å²) in [6.07, 6.45) is 2.27. The van der Waals surface area contributed by atoms with Gasteiger partial charge in [-0.25, -0.2) is 14.2 Å². The maximum absolute atomic E-state index is 12.9. The van der Waals surface area contributed by atoms with Crippen molar-refractivity contribution in [2.24, 2.45) is 0 Å². The highest BCUT2D eigenvalue weighted by atomic mass is 35.5. The molecular weight excluding hydrogens is 247 g/mol. The zero-order valence-corrected chi connectivity index (χ0v) is 9.66. The number of halogens is 2. The molecule has 0 N–H and O–H groups in total. The highest BCUT2D eigenvalue weighted by Gasteiger charge is 2.16. The standard InChI is InChI=1S/C11H8ClFN2O2/c1-2-17-11(16)7-5-14-8-3-6(13)4-15-10(8)9(7)12/h3-5H,2H2,1H3. The number of hydrogen-bond donors (Lipinski definition) is 0. The second kappa shape index (κ2) is 4.63. The van der Waals surface area contributed by atoms with Crippen LogP contribution in [0.15, 0.2) is 18.5 Å². The largest absolute Gasteiger partial charge is 0.462 e. The van der Waals surface area contributed by atoms with E-state index in [1.165, 1.54) is 12.3 Å². The van der Waals surface area contributed by atoms with Crippen LogP contribution in [-0.2, 0) is 4.74 Å². The van der Waals surface area contributed by atoms with Crippen LogP contribution in [0.4, 0.5) is 4.39 Å². The maximum atomic E-state index is 12.9. The van der Waals surface area contributed by atoms with Crippen LogP contribution in [-0.4, -0.2) is 22.5 Å². The molecule has 4 nitrogen and oxygen atoms in total. The Morgan fingerprint density at radius 1 is 1.47 bits per heavy atom. The number of carbonyl (C=O) groups is 1. The fraction of sp³-hybridized carbons (Fsp3) is 0.182. The van der Waals surface area contributed by atoms with Crippen LogP contribution in [0.3, 0.4) is 0 Å². The summed E-state index contributed by atoms with van der Waals surface area (Å²) in [5.41, 5.74) is 0.696. The zero-order chi connectivity index (χ0) is 12.4. The molecule has 2 heterocycles. The molecule has 2 rings (SSSR count). The summed E-state index contributed by atoms with van der Waals surface area (Å²) in [5.74, 6) is -1.08. The van der Waals surface area contributed by atoms with E-state index in [9.17, 15) is 9.18 Å². The first-order valence-corrected chi connectivity index (χ1v) is 5.28. The van der Waals surface area contributed by atoms with Crippen LogP contribution in [0.2, 0.25) is 5.02 Å². The van der Waals surface area contributed by atoms with Gasteiger partial charge in [-0.3, -0.25) is 4.98 Å². The molecule has 0 aliphatic carbocycles. The smallest absolute Gasteiger partial charge is 0.341 e. The third-order valence-electron chi connectivity index (χ3n) is 2.11. The topological polar surface area (TPSA) is 52.1 Å². The van der Waals surface area contributed by atoms with Gasteiger partial charge in [0, 0.05) is 12.3 Å². The lowest BCUT2D eigenvalue weighted by molar-refractivity contribution is 0.0526. The van der Waals surface area contributed by atoms with Crippen molar-refractivity contribution in [2.45, 2.75) is 6.92 Å². The van der Waals surface area contributed by atoms with Gasteiger partial charge in [-0.15, -0.1) is 0 Å². The monoisotopic (exact) mass is 254 g/mol. The first-order valence-electron chi connectivity index (χ1n) is 4.90. The second-order valence-corrected chi connectivity index (χ2v) is 3.61. The Hall–Kier alpha value is -1.75. The van der Waals surface area contributed by atoms with Gasteiger partial charge < -0.3 is 4.74 Å². The van der Waals surface area contributed by atoms with Gasteiger partial charge >= 0.3 is 5.97 Å². The number of carbonyl (C=O) groups excluding carboxylic acids is 1. The van der Waals surface area contributed by atoms with Crippen LogP contribution in [0, 0.1) is 5.82 Å². The normalized spacial score (nSPS) is 10.5.